The molecule has 1 heterocycles. The molecule has 3 rings (SSSR count). The molecular weight excluding hydrogens is 361 g/mol. The monoisotopic (exact) mass is 370 g/mol. The summed E-state index contributed by atoms with van der Waals surface area (Å²) in [5, 5.41) is 12.6. The summed E-state index contributed by atoms with van der Waals surface area (Å²) >= 11 is 5.96. The summed E-state index contributed by atoms with van der Waals surface area (Å²) in [5.41, 5.74) is 0.421. The van der Waals surface area contributed by atoms with Crippen LogP contribution in [0.5, 0.6) is 5.75 Å². The number of hydrogen-bond donors (Lipinski definition) is 2. The third-order valence-electron chi connectivity index (χ3n) is 3.35. The Balaban J connectivity index is 2.21. The van der Waals surface area contributed by atoms with E-state index in [0.717, 1.165) is 6.07 Å². The van der Waals surface area contributed by atoms with Crippen LogP contribution in [0.2, 0.25) is 5.02 Å². The van der Waals surface area contributed by atoms with Gasteiger partial charge in [-0.3, -0.25) is 4.79 Å². The molecule has 1 atom stereocenters. The van der Waals surface area contributed by atoms with Crippen LogP contribution in [0.3, 0.4) is 0 Å². The van der Waals surface area contributed by atoms with Gasteiger partial charge in [0.25, 0.3) is 5.91 Å². The number of alkyl halides is 3. The predicted molar refractivity (Wildman–Crippen MR) is 84.9 cm³/mol. The van der Waals surface area contributed by atoms with Gasteiger partial charge in [0.2, 0.25) is 6.23 Å². The second-order valence-electron chi connectivity index (χ2n) is 5.07. The number of amides is 1. The number of carbonyl (C=O) groups is 1. The molecule has 1 aliphatic heterocycles. The number of hydrogen-bond acceptors (Lipinski definition) is 4. The highest BCUT2D eigenvalue weighted by molar-refractivity contribution is 6.32. The molecule has 9 heteroatoms. The van der Waals surface area contributed by atoms with Gasteiger partial charge in [0.05, 0.1) is 11.4 Å². The van der Waals surface area contributed by atoms with E-state index < -0.39 is 24.2 Å². The van der Waals surface area contributed by atoms with Gasteiger partial charge in [-0.25, -0.2) is 4.99 Å². The van der Waals surface area contributed by atoms with Gasteiger partial charge in [0, 0.05) is 16.1 Å². The fraction of sp³-hybridized carbons (Fsp3) is 0.125. The molecule has 130 valence electrons. The van der Waals surface area contributed by atoms with Crippen LogP contribution in [-0.4, -0.2) is 29.3 Å². The number of carbonyl (C=O) groups excluding carboxylic acids is 1. The van der Waals surface area contributed by atoms with Gasteiger partial charge < -0.3 is 15.2 Å². The summed E-state index contributed by atoms with van der Waals surface area (Å²) in [4.78, 5) is 15.7. The summed E-state index contributed by atoms with van der Waals surface area (Å²) in [7, 11) is 0. The number of rotatable bonds is 2. The quantitative estimate of drug-likeness (QED) is 0.851. The minimum atomic E-state index is -4.91. The smallest absolute Gasteiger partial charge is 0.405 e. The van der Waals surface area contributed by atoms with E-state index in [1.807, 2.05) is 0 Å². The Morgan fingerprint density at radius 3 is 2.60 bits per heavy atom. The van der Waals surface area contributed by atoms with Crippen molar-refractivity contribution in [3.63, 3.8) is 0 Å². The third kappa shape index (κ3) is 3.75. The Hall–Kier alpha value is -2.58. The molecule has 0 radical (unpaired) electrons. The normalized spacial score (nSPS) is 17.2. The Morgan fingerprint density at radius 1 is 1.16 bits per heavy atom. The molecule has 0 fully saturated rings. The summed E-state index contributed by atoms with van der Waals surface area (Å²) in [6.07, 6.45) is -6.70. The number of benzene rings is 2. The maximum absolute atomic E-state index is 12.7. The molecule has 0 saturated carbocycles. The highest BCUT2D eigenvalue weighted by Crippen LogP contribution is 2.32. The lowest BCUT2D eigenvalue weighted by atomic mass is 10.00. The number of nitrogens with zero attached hydrogens (tertiary/aromatic N) is 1. The number of aliphatic hydroxyl groups is 1. The molecule has 0 aliphatic carbocycles. The first-order valence-corrected chi connectivity index (χ1v) is 7.34. The van der Waals surface area contributed by atoms with Crippen LogP contribution in [0.15, 0.2) is 47.5 Å². The Kier molecular flexibility index (Phi) is 4.40. The van der Waals surface area contributed by atoms with E-state index in [1.54, 1.807) is 0 Å². The second kappa shape index (κ2) is 6.38. The van der Waals surface area contributed by atoms with Crippen molar-refractivity contribution in [1.82, 2.24) is 0 Å². The third-order valence-corrected chi connectivity index (χ3v) is 3.58. The van der Waals surface area contributed by atoms with E-state index in [9.17, 15) is 23.1 Å². The number of aliphatic hydroxyl groups excluding tert-OH is 1. The molecule has 0 bridgehead atoms. The van der Waals surface area contributed by atoms with E-state index in [0.29, 0.717) is 0 Å². The Morgan fingerprint density at radius 2 is 1.88 bits per heavy atom. The van der Waals surface area contributed by atoms with Gasteiger partial charge in [0.1, 0.15) is 5.75 Å². The number of anilines is 1. The minimum absolute atomic E-state index is 0.0427. The molecule has 0 aromatic heterocycles. The maximum atomic E-state index is 12.7. The number of benzodiazepines with no additional fused rings is 1. The molecule has 0 unspecified atom stereocenters. The van der Waals surface area contributed by atoms with E-state index >= 15 is 0 Å². The lowest BCUT2D eigenvalue weighted by molar-refractivity contribution is -0.274. The largest absolute Gasteiger partial charge is 0.573 e. The van der Waals surface area contributed by atoms with Crippen LogP contribution in [0.1, 0.15) is 11.1 Å². The second-order valence-corrected chi connectivity index (χ2v) is 5.51. The molecule has 1 amide bonds. The maximum Gasteiger partial charge on any atom is 0.573 e. The van der Waals surface area contributed by atoms with Crippen molar-refractivity contribution >= 4 is 28.9 Å². The fourth-order valence-electron chi connectivity index (χ4n) is 2.36. The number of fused-ring (bicyclic) bond motifs is 1. The predicted octanol–water partition coefficient (Wildman–Crippen LogP) is 3.35. The van der Waals surface area contributed by atoms with Crippen LogP contribution >= 0.6 is 11.6 Å². The number of nitrogens with one attached hydrogen (secondary N) is 1. The number of para-hydroxylation sites is 1. The number of aliphatic imine (C=N–C) groups is 1. The lowest BCUT2D eigenvalue weighted by Crippen LogP contribution is -2.24. The molecular formula is C16H10ClF3N2O3. The van der Waals surface area contributed by atoms with Crippen LogP contribution in [-0.2, 0) is 4.79 Å². The Bertz CT molecular complexity index is 868. The van der Waals surface area contributed by atoms with Crippen LogP contribution in [0, 0.1) is 0 Å². The molecule has 0 saturated heterocycles. The van der Waals surface area contributed by atoms with Crippen molar-refractivity contribution < 1.29 is 27.8 Å². The lowest BCUT2D eigenvalue weighted by Gasteiger charge is -2.15. The molecule has 2 aromatic carbocycles. The van der Waals surface area contributed by atoms with Crippen molar-refractivity contribution in [2.45, 2.75) is 12.6 Å². The average molecular weight is 371 g/mol. The summed E-state index contributed by atoms with van der Waals surface area (Å²) in [6.45, 7) is 0. The first-order valence-electron chi connectivity index (χ1n) is 6.96. The molecule has 2 aromatic rings. The first kappa shape index (κ1) is 17.2. The minimum Gasteiger partial charge on any atom is -0.405 e. The van der Waals surface area contributed by atoms with Crippen molar-refractivity contribution in [3.8, 4) is 5.75 Å². The SMILES string of the molecule is O=C1Nc2ccc(Cl)cc2C(c2ccccc2OC(F)(F)F)=N[C@H]1O. The van der Waals surface area contributed by atoms with Gasteiger partial charge in [-0.05, 0) is 30.3 Å². The molecule has 1 aliphatic rings. The standard InChI is InChI=1S/C16H10ClF3N2O3/c17-8-5-6-11-10(7-8)13(22-15(24)14(23)21-11)9-3-1-2-4-12(9)25-16(18,19)20/h1-7,15,24H,(H,21,23)/t15-/m0/s1. The zero-order valence-electron chi connectivity index (χ0n) is 12.3. The van der Waals surface area contributed by atoms with Gasteiger partial charge >= 0.3 is 6.36 Å². The summed E-state index contributed by atoms with van der Waals surface area (Å²) in [5.74, 6) is -1.32. The van der Waals surface area contributed by atoms with Gasteiger partial charge in [-0.2, -0.15) is 0 Å². The van der Waals surface area contributed by atoms with E-state index in [-0.39, 0.29) is 27.5 Å². The molecule has 2 N–H and O–H groups in total. The van der Waals surface area contributed by atoms with Crippen LogP contribution in [0.25, 0.3) is 0 Å². The topological polar surface area (TPSA) is 70.9 Å². The van der Waals surface area contributed by atoms with Crippen molar-refractivity contribution in [2.75, 3.05) is 5.32 Å². The zero-order valence-corrected chi connectivity index (χ0v) is 13.1. The average Bonchev–Trinajstić information content (AvgIpc) is 2.64. The van der Waals surface area contributed by atoms with Crippen LogP contribution in [0.4, 0.5) is 18.9 Å². The number of ether oxygens (including phenoxy) is 1. The highest BCUT2D eigenvalue weighted by atomic mass is 35.5. The highest BCUT2D eigenvalue weighted by Gasteiger charge is 2.33. The van der Waals surface area contributed by atoms with Gasteiger partial charge in [-0.15, -0.1) is 13.2 Å². The Labute approximate surface area is 144 Å². The van der Waals surface area contributed by atoms with Crippen molar-refractivity contribution in [2.24, 2.45) is 4.99 Å². The number of halogens is 4. The van der Waals surface area contributed by atoms with E-state index in [2.05, 4.69) is 15.0 Å². The molecule has 0 spiro atoms. The first-order chi connectivity index (χ1) is 11.7. The summed E-state index contributed by atoms with van der Waals surface area (Å²) < 4.78 is 42.0. The van der Waals surface area contributed by atoms with Crippen molar-refractivity contribution in [3.05, 3.63) is 58.6 Å². The van der Waals surface area contributed by atoms with E-state index in [4.69, 9.17) is 11.6 Å². The molecule has 5 nitrogen and oxygen atoms in total. The summed E-state index contributed by atoms with van der Waals surface area (Å²) in [6, 6.07) is 9.69. The van der Waals surface area contributed by atoms with E-state index in [1.165, 1.54) is 36.4 Å². The van der Waals surface area contributed by atoms with Gasteiger partial charge in [0.15, 0.2) is 0 Å². The molecule has 25 heavy (non-hydrogen) atoms. The van der Waals surface area contributed by atoms with Crippen LogP contribution < -0.4 is 10.1 Å². The van der Waals surface area contributed by atoms with Gasteiger partial charge in [-0.1, -0.05) is 23.7 Å². The van der Waals surface area contributed by atoms with Crippen molar-refractivity contribution in [1.29, 1.82) is 0 Å². The zero-order chi connectivity index (χ0) is 18.2. The fourth-order valence-corrected chi connectivity index (χ4v) is 2.53.